The van der Waals surface area contributed by atoms with Crippen molar-refractivity contribution in [3.8, 4) is 17.1 Å². The average Bonchev–Trinajstić information content (AvgIpc) is 3.27. The van der Waals surface area contributed by atoms with Gasteiger partial charge >= 0.3 is 0 Å². The van der Waals surface area contributed by atoms with Crippen molar-refractivity contribution >= 4 is 23.4 Å². The number of hydrogen-bond acceptors (Lipinski definition) is 5. The second-order valence-electron chi connectivity index (χ2n) is 7.14. The monoisotopic (exact) mass is 403 g/mol. The molecule has 6 nitrogen and oxygen atoms in total. The van der Waals surface area contributed by atoms with Crippen molar-refractivity contribution in [2.24, 2.45) is 0 Å². The van der Waals surface area contributed by atoms with Crippen LogP contribution in [-0.4, -0.2) is 44.1 Å². The van der Waals surface area contributed by atoms with Crippen LogP contribution < -0.4 is 15.4 Å². The fraction of sp³-hybridized carbons (Fsp3) is 0.208. The van der Waals surface area contributed by atoms with E-state index in [-0.39, 0.29) is 5.91 Å². The third kappa shape index (κ3) is 4.33. The molecular formula is C24H25N3O3. The molecule has 3 aromatic rings. The minimum atomic E-state index is -0.00859. The average molecular weight is 403 g/mol. The molecule has 1 aliphatic heterocycles. The van der Waals surface area contributed by atoms with Gasteiger partial charge in [0.1, 0.15) is 17.3 Å². The summed E-state index contributed by atoms with van der Waals surface area (Å²) in [4.78, 5) is 16.7. The molecule has 2 aromatic carbocycles. The number of nitrogen functional groups attached to an aromatic ring is 1. The van der Waals surface area contributed by atoms with Gasteiger partial charge < -0.3 is 24.7 Å². The van der Waals surface area contributed by atoms with Gasteiger partial charge in [-0.05, 0) is 42.5 Å². The number of carbonyl (C=O) groups excluding carboxylic acids is 1. The standard InChI is InChI=1S/C24H25N3O3/c1-29-23-17-18(25)7-10-21(23)22-11-8-20(30-22)9-12-24(28)27-15-13-26(14-16-27)19-5-3-2-4-6-19/h2-12,17H,13-16,25H2,1H3/b12-9+. The maximum absolute atomic E-state index is 12.6. The van der Waals surface area contributed by atoms with E-state index in [1.165, 1.54) is 5.69 Å². The first-order valence-corrected chi connectivity index (χ1v) is 9.95. The molecule has 2 heterocycles. The molecule has 4 rings (SSSR count). The number of ether oxygens (including phenoxy) is 1. The molecule has 2 N–H and O–H groups in total. The molecule has 0 unspecified atom stereocenters. The molecule has 0 bridgehead atoms. The first kappa shape index (κ1) is 19.6. The molecule has 0 radical (unpaired) electrons. The van der Waals surface area contributed by atoms with Crippen molar-refractivity contribution in [1.82, 2.24) is 4.90 Å². The zero-order chi connectivity index (χ0) is 20.9. The van der Waals surface area contributed by atoms with E-state index in [4.69, 9.17) is 14.9 Å². The van der Waals surface area contributed by atoms with Crippen LogP contribution in [0.15, 0.2) is 71.2 Å². The first-order valence-electron chi connectivity index (χ1n) is 9.95. The van der Waals surface area contributed by atoms with Gasteiger partial charge in [-0.25, -0.2) is 0 Å². The van der Waals surface area contributed by atoms with Gasteiger partial charge in [-0.2, -0.15) is 0 Å². The fourth-order valence-electron chi connectivity index (χ4n) is 3.58. The Kier molecular flexibility index (Phi) is 5.75. The maximum atomic E-state index is 12.6. The van der Waals surface area contributed by atoms with Crippen LogP contribution >= 0.6 is 0 Å². The van der Waals surface area contributed by atoms with Gasteiger partial charge in [-0.15, -0.1) is 0 Å². The highest BCUT2D eigenvalue weighted by atomic mass is 16.5. The van der Waals surface area contributed by atoms with Crippen LogP contribution in [0.3, 0.4) is 0 Å². The lowest BCUT2D eigenvalue weighted by molar-refractivity contribution is -0.126. The molecule has 1 fully saturated rings. The molecule has 0 spiro atoms. The lowest BCUT2D eigenvalue weighted by atomic mass is 10.1. The SMILES string of the molecule is COc1cc(N)ccc1-c1ccc(/C=C/C(=O)N2CCN(c3ccccc3)CC2)o1. The third-order valence-electron chi connectivity index (χ3n) is 5.22. The van der Waals surface area contributed by atoms with Crippen LogP contribution in [0.4, 0.5) is 11.4 Å². The summed E-state index contributed by atoms with van der Waals surface area (Å²) in [6, 6.07) is 19.4. The van der Waals surface area contributed by atoms with Gasteiger partial charge in [0.15, 0.2) is 0 Å². The molecule has 1 saturated heterocycles. The lowest BCUT2D eigenvalue weighted by Gasteiger charge is -2.35. The Hall–Kier alpha value is -3.67. The zero-order valence-electron chi connectivity index (χ0n) is 17.0. The number of anilines is 2. The molecule has 0 atom stereocenters. The lowest BCUT2D eigenvalue weighted by Crippen LogP contribution is -2.48. The van der Waals surface area contributed by atoms with Crippen molar-refractivity contribution < 1.29 is 13.9 Å². The van der Waals surface area contributed by atoms with Crippen LogP contribution in [0.5, 0.6) is 5.75 Å². The van der Waals surface area contributed by atoms with E-state index >= 15 is 0 Å². The van der Waals surface area contributed by atoms with E-state index in [1.807, 2.05) is 41.3 Å². The summed E-state index contributed by atoms with van der Waals surface area (Å²) in [5.74, 6) is 1.91. The molecule has 6 heteroatoms. The molecule has 0 saturated carbocycles. The first-order chi connectivity index (χ1) is 14.6. The molecule has 1 amide bonds. The maximum Gasteiger partial charge on any atom is 0.246 e. The fourth-order valence-corrected chi connectivity index (χ4v) is 3.58. The van der Waals surface area contributed by atoms with Crippen molar-refractivity contribution in [3.05, 3.63) is 72.5 Å². The predicted molar refractivity (Wildman–Crippen MR) is 119 cm³/mol. The number of amides is 1. The molecule has 0 aliphatic carbocycles. The summed E-state index contributed by atoms with van der Waals surface area (Å²) < 4.78 is 11.3. The van der Waals surface area contributed by atoms with Crippen molar-refractivity contribution in [1.29, 1.82) is 0 Å². The third-order valence-corrected chi connectivity index (χ3v) is 5.22. The Balaban J connectivity index is 1.37. The highest BCUT2D eigenvalue weighted by Crippen LogP contribution is 2.33. The minimum absolute atomic E-state index is 0.00859. The number of rotatable bonds is 5. The molecule has 1 aliphatic rings. The largest absolute Gasteiger partial charge is 0.496 e. The number of methoxy groups -OCH3 is 1. The molecule has 1 aromatic heterocycles. The Labute approximate surface area is 176 Å². The van der Waals surface area contributed by atoms with Gasteiger partial charge in [0.05, 0.1) is 12.7 Å². The number of benzene rings is 2. The van der Waals surface area contributed by atoms with Crippen molar-refractivity contribution in [2.75, 3.05) is 43.9 Å². The van der Waals surface area contributed by atoms with E-state index in [9.17, 15) is 4.79 Å². The summed E-state index contributed by atoms with van der Waals surface area (Å²) >= 11 is 0. The Morgan fingerprint density at radius 3 is 2.53 bits per heavy atom. The van der Waals surface area contributed by atoms with Crippen molar-refractivity contribution in [2.45, 2.75) is 0 Å². The van der Waals surface area contributed by atoms with Crippen LogP contribution in [-0.2, 0) is 4.79 Å². The zero-order valence-corrected chi connectivity index (χ0v) is 17.0. The summed E-state index contributed by atoms with van der Waals surface area (Å²) in [5, 5.41) is 0. The Bertz CT molecular complexity index is 1030. The quantitative estimate of drug-likeness (QED) is 0.517. The highest BCUT2D eigenvalue weighted by molar-refractivity contribution is 5.91. The van der Waals surface area contributed by atoms with Gasteiger partial charge in [0.2, 0.25) is 5.91 Å². The van der Waals surface area contributed by atoms with Crippen LogP contribution in [0.25, 0.3) is 17.4 Å². The Morgan fingerprint density at radius 1 is 1.03 bits per heavy atom. The van der Waals surface area contributed by atoms with E-state index in [0.717, 1.165) is 18.7 Å². The number of carbonyl (C=O) groups is 1. The molecular weight excluding hydrogens is 378 g/mol. The summed E-state index contributed by atoms with van der Waals surface area (Å²) in [6.45, 7) is 3.05. The van der Waals surface area contributed by atoms with Crippen LogP contribution in [0.1, 0.15) is 5.76 Å². The topological polar surface area (TPSA) is 71.9 Å². The predicted octanol–water partition coefficient (Wildman–Crippen LogP) is 3.90. The minimum Gasteiger partial charge on any atom is -0.496 e. The van der Waals surface area contributed by atoms with Gasteiger partial charge in [-0.3, -0.25) is 4.79 Å². The normalized spacial score (nSPS) is 14.3. The number of hydrogen-bond donors (Lipinski definition) is 1. The number of piperazine rings is 1. The highest BCUT2D eigenvalue weighted by Gasteiger charge is 2.19. The number of furan rings is 1. The van der Waals surface area contributed by atoms with Crippen LogP contribution in [0.2, 0.25) is 0 Å². The summed E-state index contributed by atoms with van der Waals surface area (Å²) in [6.07, 6.45) is 3.28. The number of nitrogens with zero attached hydrogens (tertiary/aromatic N) is 2. The number of nitrogens with two attached hydrogens (primary N) is 1. The van der Waals surface area contributed by atoms with E-state index in [1.54, 1.807) is 31.4 Å². The van der Waals surface area contributed by atoms with E-state index in [0.29, 0.717) is 36.0 Å². The van der Waals surface area contributed by atoms with Crippen LogP contribution in [0, 0.1) is 0 Å². The van der Waals surface area contributed by atoms with Gasteiger partial charge in [0, 0.05) is 49.7 Å². The molecule has 154 valence electrons. The summed E-state index contributed by atoms with van der Waals surface area (Å²) in [7, 11) is 1.60. The van der Waals surface area contributed by atoms with Crippen molar-refractivity contribution in [3.63, 3.8) is 0 Å². The summed E-state index contributed by atoms with van der Waals surface area (Å²) in [5.41, 5.74) is 8.45. The Morgan fingerprint density at radius 2 is 1.80 bits per heavy atom. The molecule has 30 heavy (non-hydrogen) atoms. The number of para-hydroxylation sites is 1. The van der Waals surface area contributed by atoms with E-state index < -0.39 is 0 Å². The van der Waals surface area contributed by atoms with E-state index in [2.05, 4.69) is 17.0 Å². The second kappa shape index (κ2) is 8.78. The van der Waals surface area contributed by atoms with Gasteiger partial charge in [-0.1, -0.05) is 18.2 Å². The second-order valence-corrected chi connectivity index (χ2v) is 7.14. The smallest absolute Gasteiger partial charge is 0.246 e. The van der Waals surface area contributed by atoms with Gasteiger partial charge in [0.25, 0.3) is 0 Å².